The van der Waals surface area contributed by atoms with Crippen LogP contribution in [0.4, 0.5) is 4.79 Å². The number of rotatable bonds is 6. The molecule has 0 rings (SSSR count). The summed E-state index contributed by atoms with van der Waals surface area (Å²) in [6.07, 6.45) is 6.76. The van der Waals surface area contributed by atoms with Gasteiger partial charge in [0.05, 0.1) is 0 Å². The fourth-order valence-corrected chi connectivity index (χ4v) is 1.39. The molecule has 0 radical (unpaired) electrons. The molecule has 0 aliphatic rings. The van der Waals surface area contributed by atoms with Crippen molar-refractivity contribution in [3.8, 4) is 0 Å². The summed E-state index contributed by atoms with van der Waals surface area (Å²) in [6.45, 7) is 8.18. The number of imide groups is 1. The van der Waals surface area contributed by atoms with Crippen LogP contribution in [0.5, 0.6) is 0 Å². The molecule has 0 spiro atoms. The van der Waals surface area contributed by atoms with Crippen LogP contribution in [0.25, 0.3) is 0 Å². The Kier molecular flexibility index (Phi) is 12.6. The first-order chi connectivity index (χ1) is 8.37. The maximum Gasteiger partial charge on any atom is 0.318 e. The normalized spacial score (nSPS) is 10.3. The second-order valence-corrected chi connectivity index (χ2v) is 5.72. The standard InChI is InChI=1S/C7H13BrN2O2.C6H14/c1-3-7(8,4-2)5(11)10-6(9)12;1-3-5-6-4-2/h3-4H2,1-2H3,(H3,9,10,11,12);3-6H2,1-2H3. The summed E-state index contributed by atoms with van der Waals surface area (Å²) in [5.41, 5.74) is 4.81. The summed E-state index contributed by atoms with van der Waals surface area (Å²) < 4.78 is -0.665. The Morgan fingerprint density at radius 2 is 1.44 bits per heavy atom. The van der Waals surface area contributed by atoms with Gasteiger partial charge in [0.15, 0.2) is 0 Å². The molecular formula is C13H27BrN2O2. The SMILES string of the molecule is CCC(Br)(CC)C(=O)NC(N)=O.CCCCCC. The summed E-state index contributed by atoms with van der Waals surface area (Å²) in [5, 5.41) is 2.04. The zero-order chi connectivity index (χ0) is 14.6. The fourth-order valence-electron chi connectivity index (χ4n) is 1.30. The highest BCUT2D eigenvalue weighted by Crippen LogP contribution is 2.26. The van der Waals surface area contributed by atoms with E-state index in [1.165, 1.54) is 25.7 Å². The van der Waals surface area contributed by atoms with Gasteiger partial charge in [0.1, 0.15) is 4.32 Å². The Labute approximate surface area is 119 Å². The highest BCUT2D eigenvalue weighted by atomic mass is 79.9. The fraction of sp³-hybridized carbons (Fsp3) is 0.846. The minimum absolute atomic E-state index is 0.375. The summed E-state index contributed by atoms with van der Waals surface area (Å²) in [4.78, 5) is 21.6. The van der Waals surface area contributed by atoms with E-state index in [2.05, 4.69) is 29.8 Å². The lowest BCUT2D eigenvalue weighted by Gasteiger charge is -2.21. The van der Waals surface area contributed by atoms with E-state index >= 15 is 0 Å². The number of nitrogens with one attached hydrogen (secondary N) is 1. The van der Waals surface area contributed by atoms with Gasteiger partial charge >= 0.3 is 6.03 Å². The molecule has 0 aliphatic carbocycles. The average Bonchev–Trinajstić information content (AvgIpc) is 2.35. The first-order valence-electron chi connectivity index (χ1n) is 6.67. The van der Waals surface area contributed by atoms with Crippen molar-refractivity contribution in [1.82, 2.24) is 5.32 Å². The summed E-state index contributed by atoms with van der Waals surface area (Å²) >= 11 is 3.26. The van der Waals surface area contributed by atoms with Crippen LogP contribution in [0, 0.1) is 0 Å². The third kappa shape index (κ3) is 9.45. The molecule has 0 unspecified atom stereocenters. The third-order valence-electron chi connectivity index (χ3n) is 2.72. The maximum absolute atomic E-state index is 11.3. The molecule has 0 saturated carbocycles. The van der Waals surface area contributed by atoms with Crippen LogP contribution in [-0.4, -0.2) is 16.3 Å². The average molecular weight is 323 g/mol. The Bertz CT molecular complexity index is 237. The Hall–Kier alpha value is -0.580. The zero-order valence-corrected chi connectivity index (χ0v) is 13.6. The Balaban J connectivity index is 0. The van der Waals surface area contributed by atoms with E-state index in [0.717, 1.165) is 0 Å². The van der Waals surface area contributed by atoms with Gasteiger partial charge in [-0.15, -0.1) is 0 Å². The number of halogens is 1. The molecule has 0 bridgehead atoms. The van der Waals surface area contributed by atoms with Crippen LogP contribution in [0.15, 0.2) is 0 Å². The van der Waals surface area contributed by atoms with Crippen LogP contribution >= 0.6 is 15.9 Å². The molecule has 0 aromatic carbocycles. The van der Waals surface area contributed by atoms with E-state index in [9.17, 15) is 9.59 Å². The van der Waals surface area contributed by atoms with Gasteiger partial charge in [0.25, 0.3) is 0 Å². The smallest absolute Gasteiger partial charge is 0.318 e. The molecule has 0 aliphatic heterocycles. The van der Waals surface area contributed by atoms with E-state index < -0.39 is 10.4 Å². The van der Waals surface area contributed by atoms with Crippen molar-refractivity contribution >= 4 is 27.9 Å². The van der Waals surface area contributed by atoms with E-state index in [1.54, 1.807) is 0 Å². The van der Waals surface area contributed by atoms with Crippen molar-refractivity contribution in [3.63, 3.8) is 0 Å². The summed E-state index contributed by atoms with van der Waals surface area (Å²) in [6, 6.07) is -0.814. The van der Waals surface area contributed by atoms with Gasteiger partial charge in [-0.25, -0.2) is 4.79 Å². The molecule has 0 saturated heterocycles. The minimum Gasteiger partial charge on any atom is -0.351 e. The molecule has 108 valence electrons. The van der Waals surface area contributed by atoms with Gasteiger partial charge in [-0.2, -0.15) is 0 Å². The van der Waals surface area contributed by atoms with Crippen LogP contribution in [0.1, 0.15) is 66.2 Å². The second-order valence-electron chi connectivity index (χ2n) is 4.20. The largest absolute Gasteiger partial charge is 0.351 e. The van der Waals surface area contributed by atoms with Crippen molar-refractivity contribution in [2.75, 3.05) is 0 Å². The lowest BCUT2D eigenvalue weighted by molar-refractivity contribution is -0.122. The lowest BCUT2D eigenvalue weighted by Crippen LogP contribution is -2.46. The van der Waals surface area contributed by atoms with Gasteiger partial charge in [-0.3, -0.25) is 10.1 Å². The Morgan fingerprint density at radius 3 is 1.67 bits per heavy atom. The highest BCUT2D eigenvalue weighted by Gasteiger charge is 2.32. The molecule has 0 aromatic rings. The van der Waals surface area contributed by atoms with Gasteiger partial charge in [0.2, 0.25) is 5.91 Å². The second kappa shape index (κ2) is 11.5. The van der Waals surface area contributed by atoms with E-state index in [-0.39, 0.29) is 5.91 Å². The molecule has 3 N–H and O–H groups in total. The van der Waals surface area contributed by atoms with Crippen molar-refractivity contribution in [1.29, 1.82) is 0 Å². The first-order valence-corrected chi connectivity index (χ1v) is 7.46. The topological polar surface area (TPSA) is 72.2 Å². The molecular weight excluding hydrogens is 296 g/mol. The van der Waals surface area contributed by atoms with Crippen LogP contribution in [0.3, 0.4) is 0 Å². The summed E-state index contributed by atoms with van der Waals surface area (Å²) in [5.74, 6) is -0.375. The molecule has 4 nitrogen and oxygen atoms in total. The van der Waals surface area contributed by atoms with Crippen molar-refractivity contribution < 1.29 is 9.59 Å². The lowest BCUT2D eigenvalue weighted by atomic mass is 10.0. The van der Waals surface area contributed by atoms with Crippen molar-refractivity contribution in [3.05, 3.63) is 0 Å². The number of hydrogen-bond acceptors (Lipinski definition) is 2. The number of unbranched alkanes of at least 4 members (excludes halogenated alkanes) is 3. The van der Waals surface area contributed by atoms with Crippen LogP contribution < -0.4 is 11.1 Å². The Morgan fingerprint density at radius 1 is 1.06 bits per heavy atom. The van der Waals surface area contributed by atoms with E-state index in [4.69, 9.17) is 5.73 Å². The molecule has 5 heteroatoms. The molecule has 0 aromatic heterocycles. The number of primary amides is 1. The van der Waals surface area contributed by atoms with Gasteiger partial charge in [-0.05, 0) is 12.8 Å². The predicted molar refractivity (Wildman–Crippen MR) is 79.8 cm³/mol. The first kappa shape index (κ1) is 19.8. The number of alkyl halides is 1. The number of urea groups is 1. The van der Waals surface area contributed by atoms with Crippen molar-refractivity contribution in [2.45, 2.75) is 70.5 Å². The number of amides is 3. The summed E-state index contributed by atoms with van der Waals surface area (Å²) in [7, 11) is 0. The third-order valence-corrected chi connectivity index (χ3v) is 4.20. The zero-order valence-electron chi connectivity index (χ0n) is 12.0. The van der Waals surface area contributed by atoms with Gasteiger partial charge < -0.3 is 5.73 Å². The molecule has 18 heavy (non-hydrogen) atoms. The van der Waals surface area contributed by atoms with E-state index in [1.807, 2.05) is 19.2 Å². The highest BCUT2D eigenvalue weighted by molar-refractivity contribution is 9.10. The molecule has 3 amide bonds. The number of nitrogens with two attached hydrogens (primary N) is 1. The maximum atomic E-state index is 11.3. The number of hydrogen-bond donors (Lipinski definition) is 2. The quantitative estimate of drug-likeness (QED) is 0.577. The van der Waals surface area contributed by atoms with Gasteiger partial charge in [-0.1, -0.05) is 69.3 Å². The number of carbonyl (C=O) groups excluding carboxylic acids is 2. The van der Waals surface area contributed by atoms with Crippen LogP contribution in [0.2, 0.25) is 0 Å². The molecule has 0 fully saturated rings. The monoisotopic (exact) mass is 322 g/mol. The van der Waals surface area contributed by atoms with Crippen molar-refractivity contribution in [2.24, 2.45) is 5.73 Å². The molecule has 0 atom stereocenters. The minimum atomic E-state index is -0.814. The molecule has 0 heterocycles. The van der Waals surface area contributed by atoms with Gasteiger partial charge in [0, 0.05) is 0 Å². The van der Waals surface area contributed by atoms with Crippen LogP contribution in [-0.2, 0) is 4.79 Å². The van der Waals surface area contributed by atoms with E-state index in [0.29, 0.717) is 12.8 Å². The predicted octanol–water partition coefficient (Wildman–Crippen LogP) is 3.72. The number of carbonyl (C=O) groups is 2.